The zero-order valence-electron chi connectivity index (χ0n) is 14.4. The number of nitrogens with one attached hydrogen (secondary N) is 1. The van der Waals surface area contributed by atoms with E-state index in [1.165, 1.54) is 0 Å². The van der Waals surface area contributed by atoms with Crippen LogP contribution in [0.3, 0.4) is 0 Å². The molecule has 0 aliphatic carbocycles. The minimum atomic E-state index is -0.613. The number of benzene rings is 2. The molecule has 0 radical (unpaired) electrons. The van der Waals surface area contributed by atoms with Gasteiger partial charge >= 0.3 is 0 Å². The Morgan fingerprint density at radius 1 is 0.917 bits per heavy atom. The third-order valence-electron chi connectivity index (χ3n) is 3.70. The van der Waals surface area contributed by atoms with Crippen molar-refractivity contribution < 1.29 is 19.0 Å². The molecular weight excluding hydrogens is 306 g/mol. The highest BCUT2D eigenvalue weighted by atomic mass is 16.5. The van der Waals surface area contributed by atoms with E-state index in [1.807, 2.05) is 43.3 Å². The molecule has 2 aromatic rings. The number of methoxy groups -OCH3 is 2. The highest BCUT2D eigenvalue weighted by Gasteiger charge is 2.18. The quantitative estimate of drug-likeness (QED) is 0.846. The second kappa shape index (κ2) is 8.24. The molecule has 1 N–H and O–H groups in total. The second-order valence-electron chi connectivity index (χ2n) is 5.44. The van der Waals surface area contributed by atoms with Gasteiger partial charge in [-0.05, 0) is 43.7 Å². The monoisotopic (exact) mass is 329 g/mol. The third-order valence-corrected chi connectivity index (χ3v) is 3.70. The highest BCUT2D eigenvalue weighted by Crippen LogP contribution is 2.21. The standard InChI is InChI=1S/C19H23NO4/c1-13(15-8-10-16(22-3)11-9-15)20-19(21)14(2)24-18-7-5-6-17(12-18)23-4/h5-14H,1-4H3,(H,20,21)/t13-,14+/m1/s1. The number of carbonyl (C=O) groups excluding carboxylic acids is 1. The smallest absolute Gasteiger partial charge is 0.261 e. The first-order chi connectivity index (χ1) is 11.5. The van der Waals surface area contributed by atoms with Crippen LogP contribution >= 0.6 is 0 Å². The maximum absolute atomic E-state index is 12.3. The molecule has 0 aliphatic rings. The zero-order valence-corrected chi connectivity index (χ0v) is 14.4. The molecule has 0 spiro atoms. The molecule has 0 heterocycles. The van der Waals surface area contributed by atoms with Crippen molar-refractivity contribution in [3.63, 3.8) is 0 Å². The van der Waals surface area contributed by atoms with Crippen LogP contribution in [0.25, 0.3) is 0 Å². The van der Waals surface area contributed by atoms with Crippen LogP contribution in [0.5, 0.6) is 17.2 Å². The molecule has 0 unspecified atom stereocenters. The van der Waals surface area contributed by atoms with Crippen LogP contribution in [-0.4, -0.2) is 26.2 Å². The maximum atomic E-state index is 12.3. The number of hydrogen-bond acceptors (Lipinski definition) is 4. The minimum absolute atomic E-state index is 0.125. The van der Waals surface area contributed by atoms with Crippen LogP contribution in [0.15, 0.2) is 48.5 Å². The Balaban J connectivity index is 1.94. The fraction of sp³-hybridized carbons (Fsp3) is 0.316. The predicted octanol–water partition coefficient (Wildman–Crippen LogP) is 3.35. The van der Waals surface area contributed by atoms with Crippen LogP contribution in [-0.2, 0) is 4.79 Å². The Morgan fingerprint density at radius 2 is 1.54 bits per heavy atom. The summed E-state index contributed by atoms with van der Waals surface area (Å²) in [5, 5.41) is 2.95. The van der Waals surface area contributed by atoms with Gasteiger partial charge in [-0.2, -0.15) is 0 Å². The molecule has 0 saturated carbocycles. The Labute approximate surface area is 142 Å². The molecule has 24 heavy (non-hydrogen) atoms. The van der Waals surface area contributed by atoms with Gasteiger partial charge in [-0.15, -0.1) is 0 Å². The van der Waals surface area contributed by atoms with Crippen molar-refractivity contribution in [2.75, 3.05) is 14.2 Å². The lowest BCUT2D eigenvalue weighted by molar-refractivity contribution is -0.127. The lowest BCUT2D eigenvalue weighted by Gasteiger charge is -2.19. The summed E-state index contributed by atoms with van der Waals surface area (Å²) in [4.78, 5) is 12.3. The van der Waals surface area contributed by atoms with E-state index in [0.717, 1.165) is 11.3 Å². The molecule has 128 valence electrons. The minimum Gasteiger partial charge on any atom is -0.497 e. The molecule has 5 nitrogen and oxygen atoms in total. The Kier molecular flexibility index (Phi) is 6.07. The number of ether oxygens (including phenoxy) is 3. The van der Waals surface area contributed by atoms with Crippen molar-refractivity contribution >= 4 is 5.91 Å². The van der Waals surface area contributed by atoms with Gasteiger partial charge in [0.15, 0.2) is 6.10 Å². The van der Waals surface area contributed by atoms with Gasteiger partial charge in [0.1, 0.15) is 17.2 Å². The number of amides is 1. The second-order valence-corrected chi connectivity index (χ2v) is 5.44. The number of rotatable bonds is 7. The van der Waals surface area contributed by atoms with E-state index in [9.17, 15) is 4.79 Å². The van der Waals surface area contributed by atoms with E-state index < -0.39 is 6.10 Å². The molecule has 0 bridgehead atoms. The average Bonchev–Trinajstić information content (AvgIpc) is 2.61. The van der Waals surface area contributed by atoms with Gasteiger partial charge < -0.3 is 19.5 Å². The normalized spacial score (nSPS) is 12.8. The molecule has 0 aliphatic heterocycles. The van der Waals surface area contributed by atoms with E-state index in [4.69, 9.17) is 14.2 Å². The van der Waals surface area contributed by atoms with E-state index >= 15 is 0 Å². The van der Waals surface area contributed by atoms with Gasteiger partial charge in [-0.1, -0.05) is 18.2 Å². The first-order valence-corrected chi connectivity index (χ1v) is 7.78. The molecule has 2 atom stereocenters. The van der Waals surface area contributed by atoms with Crippen LogP contribution in [0.2, 0.25) is 0 Å². The van der Waals surface area contributed by atoms with Gasteiger partial charge in [-0.25, -0.2) is 0 Å². The summed E-state index contributed by atoms with van der Waals surface area (Å²) in [6, 6.07) is 14.6. The van der Waals surface area contributed by atoms with Crippen molar-refractivity contribution in [3.05, 3.63) is 54.1 Å². The highest BCUT2D eigenvalue weighted by molar-refractivity contribution is 5.81. The average molecular weight is 329 g/mol. The predicted molar refractivity (Wildman–Crippen MR) is 92.6 cm³/mol. The van der Waals surface area contributed by atoms with Crippen molar-refractivity contribution in [1.82, 2.24) is 5.32 Å². The van der Waals surface area contributed by atoms with Crippen molar-refractivity contribution in [1.29, 1.82) is 0 Å². The third kappa shape index (κ3) is 4.65. The lowest BCUT2D eigenvalue weighted by Crippen LogP contribution is -2.37. The molecule has 0 aromatic heterocycles. The summed E-state index contributed by atoms with van der Waals surface area (Å²) in [5.41, 5.74) is 0.998. The van der Waals surface area contributed by atoms with E-state index in [-0.39, 0.29) is 11.9 Å². The van der Waals surface area contributed by atoms with Crippen LogP contribution in [0.1, 0.15) is 25.5 Å². The molecule has 0 fully saturated rings. The van der Waals surface area contributed by atoms with E-state index in [1.54, 1.807) is 33.3 Å². The van der Waals surface area contributed by atoms with Gasteiger partial charge in [0, 0.05) is 6.07 Å². The Bertz CT molecular complexity index is 669. The zero-order chi connectivity index (χ0) is 17.5. The topological polar surface area (TPSA) is 56.8 Å². The largest absolute Gasteiger partial charge is 0.497 e. The Morgan fingerprint density at radius 3 is 2.17 bits per heavy atom. The molecular formula is C19H23NO4. The van der Waals surface area contributed by atoms with E-state index in [0.29, 0.717) is 11.5 Å². The van der Waals surface area contributed by atoms with Crippen molar-refractivity contribution in [2.24, 2.45) is 0 Å². The fourth-order valence-electron chi connectivity index (χ4n) is 2.24. The molecule has 2 aromatic carbocycles. The van der Waals surface area contributed by atoms with Crippen LogP contribution < -0.4 is 19.5 Å². The van der Waals surface area contributed by atoms with Gasteiger partial charge in [-0.3, -0.25) is 4.79 Å². The molecule has 1 amide bonds. The summed E-state index contributed by atoms with van der Waals surface area (Å²) < 4.78 is 16.0. The van der Waals surface area contributed by atoms with Crippen molar-refractivity contribution in [2.45, 2.75) is 26.0 Å². The number of carbonyl (C=O) groups is 1. The lowest BCUT2D eigenvalue weighted by atomic mass is 10.1. The van der Waals surface area contributed by atoms with Gasteiger partial charge in [0.25, 0.3) is 5.91 Å². The Hall–Kier alpha value is -2.69. The molecule has 0 saturated heterocycles. The van der Waals surface area contributed by atoms with E-state index in [2.05, 4.69) is 5.32 Å². The van der Waals surface area contributed by atoms with Gasteiger partial charge in [0.2, 0.25) is 0 Å². The summed E-state index contributed by atoms with van der Waals surface area (Å²) in [6.07, 6.45) is -0.613. The van der Waals surface area contributed by atoms with Crippen molar-refractivity contribution in [3.8, 4) is 17.2 Å². The SMILES string of the molecule is COc1ccc([C@@H](C)NC(=O)[C@H](C)Oc2cccc(OC)c2)cc1. The van der Waals surface area contributed by atoms with Crippen LogP contribution in [0.4, 0.5) is 0 Å². The maximum Gasteiger partial charge on any atom is 0.261 e. The van der Waals surface area contributed by atoms with Crippen LogP contribution in [0, 0.1) is 0 Å². The molecule has 2 rings (SSSR count). The first kappa shape index (κ1) is 17.7. The van der Waals surface area contributed by atoms with Gasteiger partial charge in [0.05, 0.1) is 20.3 Å². The first-order valence-electron chi connectivity index (χ1n) is 7.78. The molecule has 5 heteroatoms. The summed E-state index contributed by atoms with van der Waals surface area (Å²) >= 11 is 0. The summed E-state index contributed by atoms with van der Waals surface area (Å²) in [6.45, 7) is 3.65. The summed E-state index contributed by atoms with van der Waals surface area (Å²) in [7, 11) is 3.21. The number of hydrogen-bond donors (Lipinski definition) is 1. The fourth-order valence-corrected chi connectivity index (χ4v) is 2.24. The summed E-state index contributed by atoms with van der Waals surface area (Å²) in [5.74, 6) is 1.88.